The Morgan fingerprint density at radius 1 is 0.651 bits per heavy atom. The Kier molecular flexibility index (Phi) is 12.1. The van der Waals surface area contributed by atoms with E-state index < -0.39 is 25.8 Å². The fourth-order valence-electron chi connectivity index (χ4n) is 7.38. The second-order valence-corrected chi connectivity index (χ2v) is 30.0. The maximum atomic E-state index is 2.68. The van der Waals surface area contributed by atoms with Gasteiger partial charge in [-0.1, -0.05) is 0 Å². The number of hydrogen-bond donors (Lipinski definition) is 0. The largest absolute Gasteiger partial charge is 1.00 e. The minimum Gasteiger partial charge on any atom is -1.00 e. The van der Waals surface area contributed by atoms with Crippen LogP contribution in [0.3, 0.4) is 0 Å². The molecule has 0 aromatic heterocycles. The third kappa shape index (κ3) is 6.84. The normalized spacial score (nSPS) is 23.2. The molecule has 4 atom stereocenters. The summed E-state index contributed by atoms with van der Waals surface area (Å²) in [6, 6.07) is 22.3. The number of hydrogen-bond acceptors (Lipinski definition) is 0. The van der Waals surface area contributed by atoms with Crippen LogP contribution in [0, 0.1) is 0 Å². The fraction of sp³-hybridized carbons (Fsp3) is 0.282. The summed E-state index contributed by atoms with van der Waals surface area (Å²) in [7, 11) is 0. The second-order valence-electron chi connectivity index (χ2n) is 12.1. The Labute approximate surface area is 279 Å². The summed E-state index contributed by atoms with van der Waals surface area (Å²) >= 11 is -2.16. The molecule has 0 saturated heterocycles. The van der Waals surface area contributed by atoms with E-state index in [1.54, 1.807) is 33.4 Å². The summed E-state index contributed by atoms with van der Waals surface area (Å²) in [5.41, 5.74) is 12.2. The first kappa shape index (κ1) is 33.9. The molecule has 0 amide bonds. The van der Waals surface area contributed by atoms with Gasteiger partial charge < -0.3 is 24.8 Å². The van der Waals surface area contributed by atoms with Gasteiger partial charge >= 0.3 is 257 Å². The predicted octanol–water partition coefficient (Wildman–Crippen LogP) is 4.94. The molecule has 0 aliphatic heterocycles. The van der Waals surface area contributed by atoms with Gasteiger partial charge in [0.25, 0.3) is 0 Å². The molecule has 43 heavy (non-hydrogen) atoms. The molecule has 4 unspecified atom stereocenters. The van der Waals surface area contributed by atoms with E-state index in [2.05, 4.69) is 148 Å². The minimum atomic E-state index is -2.16. The van der Waals surface area contributed by atoms with Crippen molar-refractivity contribution in [2.75, 3.05) is 0 Å². The summed E-state index contributed by atoms with van der Waals surface area (Å²) < 4.78 is 1.32. The maximum absolute atomic E-state index is 2.68. The second kappa shape index (κ2) is 15.4. The van der Waals surface area contributed by atoms with E-state index in [1.165, 1.54) is 30.4 Å². The summed E-state index contributed by atoms with van der Waals surface area (Å²) in [5.74, 6) is 0.685. The van der Waals surface area contributed by atoms with Crippen LogP contribution < -0.4 is 24.8 Å². The van der Waals surface area contributed by atoms with E-state index >= 15 is 0 Å². The molecule has 220 valence electrons. The molecular weight excluding hydrogens is 659 g/mol. The summed E-state index contributed by atoms with van der Waals surface area (Å²) in [6.07, 6.45) is 28.2. The molecule has 4 heteroatoms. The standard InChI is InChI=1S/C20H21.C17H15.C2H6Si.2ClH.Zr/c1-2-3-9-16-14-18-12-7-8-13-19(20(18)15-16)17-10-5-4-6-11-17;1-13-11-15-9-5-6-10-16(17(15)12-13)14-7-3-2-4-8-14;1-3-2;;;/h4-8,10-15,19H,2-3,9H2,1H3;2-12,16H,1H3;1-2H3;2*1H;/q;;;;;+2/p-2. The third-order valence-corrected chi connectivity index (χ3v) is 28.9. The van der Waals surface area contributed by atoms with Gasteiger partial charge in [-0.05, 0) is 0 Å². The van der Waals surface area contributed by atoms with Gasteiger partial charge in [-0.2, -0.15) is 0 Å². The van der Waals surface area contributed by atoms with Crippen molar-refractivity contribution in [3.8, 4) is 0 Å². The van der Waals surface area contributed by atoms with Crippen LogP contribution in [0.25, 0.3) is 0 Å². The molecule has 0 saturated carbocycles. The molecule has 0 radical (unpaired) electrons. The van der Waals surface area contributed by atoms with Crippen molar-refractivity contribution in [2.24, 2.45) is 0 Å². The number of benzene rings is 2. The molecule has 0 N–H and O–H groups in total. The Morgan fingerprint density at radius 2 is 1.16 bits per heavy atom. The molecule has 4 aliphatic carbocycles. The van der Waals surface area contributed by atoms with Crippen LogP contribution in [-0.4, -0.2) is 5.43 Å². The number of halogens is 2. The van der Waals surface area contributed by atoms with Crippen molar-refractivity contribution >= 4 is 5.43 Å². The van der Waals surface area contributed by atoms with Crippen LogP contribution in [0.1, 0.15) is 56.1 Å². The van der Waals surface area contributed by atoms with Gasteiger partial charge in [0.1, 0.15) is 0 Å². The molecule has 0 nitrogen and oxygen atoms in total. The van der Waals surface area contributed by atoms with Crippen LogP contribution in [0.2, 0.25) is 20.3 Å². The number of unbranched alkanes of at least 4 members (excludes halogenated alkanes) is 1. The molecule has 0 spiro atoms. The van der Waals surface area contributed by atoms with Crippen molar-refractivity contribution in [2.45, 2.75) is 65.3 Å². The van der Waals surface area contributed by atoms with Crippen LogP contribution >= 0.6 is 0 Å². The first-order valence-corrected chi connectivity index (χ1v) is 24.4. The predicted molar refractivity (Wildman–Crippen MR) is 175 cm³/mol. The van der Waals surface area contributed by atoms with Crippen molar-refractivity contribution in [1.29, 1.82) is 0 Å². The van der Waals surface area contributed by atoms with Crippen LogP contribution in [0.15, 0.2) is 155 Å². The Bertz CT molecular complexity index is 1590. The summed E-state index contributed by atoms with van der Waals surface area (Å²) in [5, 5.41) is 0. The van der Waals surface area contributed by atoms with Crippen molar-refractivity contribution in [3.63, 3.8) is 0 Å². The van der Waals surface area contributed by atoms with Gasteiger partial charge in [0, 0.05) is 0 Å². The minimum absolute atomic E-state index is 0. The van der Waals surface area contributed by atoms with E-state index in [0.29, 0.717) is 19.1 Å². The molecule has 2 aromatic carbocycles. The third-order valence-electron chi connectivity index (χ3n) is 9.23. The average Bonchev–Trinajstić information content (AvgIpc) is 3.30. The topological polar surface area (TPSA) is 0 Å². The monoisotopic (exact) mass is 698 g/mol. The number of allylic oxidation sites excluding steroid dienone is 16. The zero-order chi connectivity index (χ0) is 28.3. The van der Waals surface area contributed by atoms with Crippen LogP contribution in [0.5, 0.6) is 0 Å². The smallest absolute Gasteiger partial charge is 1.00 e. The first-order chi connectivity index (χ1) is 20.1. The molecule has 4 aliphatic rings. The Hall–Kier alpha value is -1.96. The van der Waals surface area contributed by atoms with Crippen molar-refractivity contribution < 1.29 is 45.2 Å². The van der Waals surface area contributed by atoms with E-state index in [-0.39, 0.29) is 24.8 Å². The molecule has 0 heterocycles. The van der Waals surface area contributed by atoms with E-state index in [9.17, 15) is 0 Å². The molecule has 0 bridgehead atoms. The van der Waals surface area contributed by atoms with E-state index in [0.717, 1.165) is 0 Å². The zero-order valence-electron chi connectivity index (χ0n) is 25.7. The van der Waals surface area contributed by atoms with Gasteiger partial charge in [0.2, 0.25) is 0 Å². The zero-order valence-corrected chi connectivity index (χ0v) is 30.7. The van der Waals surface area contributed by atoms with Gasteiger partial charge in [-0.3, -0.25) is 0 Å². The van der Waals surface area contributed by atoms with Crippen molar-refractivity contribution in [1.82, 2.24) is 0 Å². The van der Waals surface area contributed by atoms with Gasteiger partial charge in [0.15, 0.2) is 0 Å². The molecular formula is C39H42Cl2SiZr. The maximum Gasteiger partial charge on any atom is -1.00 e. The van der Waals surface area contributed by atoms with Gasteiger partial charge in [0.05, 0.1) is 0 Å². The van der Waals surface area contributed by atoms with E-state index in [1.807, 2.05) is 0 Å². The average molecular weight is 701 g/mol. The van der Waals surface area contributed by atoms with Crippen molar-refractivity contribution in [3.05, 3.63) is 166 Å². The first-order valence-electron chi connectivity index (χ1n) is 15.4. The quantitative estimate of drug-likeness (QED) is 0.360. The molecule has 0 fully saturated rings. The summed E-state index contributed by atoms with van der Waals surface area (Å²) in [6.45, 7) is 10.1. The van der Waals surface area contributed by atoms with Crippen LogP contribution in [-0.2, 0) is 20.4 Å². The van der Waals surface area contributed by atoms with Gasteiger partial charge in [-0.15, -0.1) is 0 Å². The summed E-state index contributed by atoms with van der Waals surface area (Å²) in [4.78, 5) is 0. The fourth-order valence-corrected chi connectivity index (χ4v) is 28.0. The van der Waals surface area contributed by atoms with Gasteiger partial charge in [-0.25, -0.2) is 0 Å². The van der Waals surface area contributed by atoms with Crippen LogP contribution in [0.4, 0.5) is 0 Å². The SMILES string of the molecule is CCCCC1=CC2=C(C=CC=CC2c2ccccc2)[CH]1[Zr+2]([CH]1C(C)=CC2=C1C=CC=CC2c1ccccc1)=[Si](C)C.[Cl-].[Cl-]. The number of rotatable bonds is 7. The molecule has 6 rings (SSSR count). The Balaban J connectivity index is 0.00000212. The Morgan fingerprint density at radius 3 is 1.67 bits per heavy atom. The molecule has 2 aromatic rings. The van der Waals surface area contributed by atoms with E-state index in [4.69, 9.17) is 0 Å².